The molecule has 0 bridgehead atoms. The number of hydrogen-bond acceptors (Lipinski definition) is 5. The largest absolute Gasteiger partial charge is 0.352 e. The molecule has 0 saturated carbocycles. The monoisotopic (exact) mass is 394 g/mol. The van der Waals surface area contributed by atoms with Crippen LogP contribution in [0.3, 0.4) is 0 Å². The predicted octanol–water partition coefficient (Wildman–Crippen LogP) is 0.639. The average molecular weight is 394 g/mol. The van der Waals surface area contributed by atoms with Crippen molar-refractivity contribution in [1.29, 1.82) is 0 Å². The maximum atomic E-state index is 13.0. The summed E-state index contributed by atoms with van der Waals surface area (Å²) in [6, 6.07) is 5.26. The number of hydrogen-bond donors (Lipinski definition) is 3. The summed E-state index contributed by atoms with van der Waals surface area (Å²) in [6.07, 6.45) is 1.81. The van der Waals surface area contributed by atoms with Gasteiger partial charge in [0.25, 0.3) is 5.91 Å². The van der Waals surface area contributed by atoms with Gasteiger partial charge < -0.3 is 10.6 Å². The number of sulfone groups is 1. The van der Waals surface area contributed by atoms with E-state index in [2.05, 4.69) is 20.8 Å². The molecule has 0 radical (unpaired) electrons. The van der Waals surface area contributed by atoms with Crippen molar-refractivity contribution in [2.24, 2.45) is 0 Å². The first kappa shape index (κ1) is 19.0. The Balaban J connectivity index is 1.51. The molecule has 1 aliphatic rings. The van der Waals surface area contributed by atoms with E-state index in [1.165, 1.54) is 30.5 Å². The molecule has 10 heteroatoms. The van der Waals surface area contributed by atoms with Crippen molar-refractivity contribution in [1.82, 2.24) is 20.8 Å². The second kappa shape index (κ2) is 7.87. The Labute approximate surface area is 155 Å². The van der Waals surface area contributed by atoms with E-state index in [1.54, 1.807) is 0 Å². The lowest BCUT2D eigenvalue weighted by atomic mass is 10.1. The third-order valence-corrected chi connectivity index (χ3v) is 6.02. The Morgan fingerprint density at radius 3 is 2.67 bits per heavy atom. The van der Waals surface area contributed by atoms with Crippen LogP contribution < -0.4 is 10.6 Å². The first-order valence-corrected chi connectivity index (χ1v) is 10.2. The maximum absolute atomic E-state index is 13.0. The average Bonchev–Trinajstić information content (AvgIpc) is 3.22. The number of H-pyrrole nitrogens is 1. The minimum absolute atomic E-state index is 0.0338. The zero-order valence-corrected chi connectivity index (χ0v) is 15.2. The fourth-order valence-electron chi connectivity index (χ4n) is 2.89. The molecule has 8 nitrogen and oxygen atoms in total. The van der Waals surface area contributed by atoms with Crippen molar-refractivity contribution in [3.05, 3.63) is 41.8 Å². The molecular formula is C17H19FN4O4S. The Bertz CT molecular complexity index is 940. The van der Waals surface area contributed by atoms with Crippen LogP contribution in [0, 0.1) is 5.82 Å². The van der Waals surface area contributed by atoms with Crippen molar-refractivity contribution in [2.45, 2.75) is 18.9 Å². The number of aromatic nitrogens is 2. The van der Waals surface area contributed by atoms with Gasteiger partial charge in [-0.05, 0) is 30.7 Å². The number of benzene rings is 1. The lowest BCUT2D eigenvalue weighted by Gasteiger charge is -2.11. The fraction of sp³-hybridized carbons (Fsp3) is 0.353. The number of nitrogens with zero attached hydrogens (tertiary/aromatic N) is 1. The predicted molar refractivity (Wildman–Crippen MR) is 96.1 cm³/mol. The molecule has 0 spiro atoms. The summed E-state index contributed by atoms with van der Waals surface area (Å²) in [6.45, 7) is 0.0954. The number of rotatable bonds is 6. The zero-order valence-electron chi connectivity index (χ0n) is 14.4. The van der Waals surface area contributed by atoms with E-state index >= 15 is 0 Å². The molecule has 3 N–H and O–H groups in total. The minimum atomic E-state index is -3.06. The number of halogens is 1. The van der Waals surface area contributed by atoms with Crippen molar-refractivity contribution in [3.8, 4) is 11.3 Å². The molecule has 1 aliphatic heterocycles. The van der Waals surface area contributed by atoms with Crippen molar-refractivity contribution in [2.75, 3.05) is 18.1 Å². The third-order valence-electron chi connectivity index (χ3n) is 4.25. The van der Waals surface area contributed by atoms with Crippen LogP contribution in [0.15, 0.2) is 30.5 Å². The van der Waals surface area contributed by atoms with Gasteiger partial charge in [-0.15, -0.1) is 0 Å². The quantitative estimate of drug-likeness (QED) is 0.664. The Morgan fingerprint density at radius 1 is 1.26 bits per heavy atom. The highest BCUT2D eigenvalue weighted by Crippen LogP contribution is 2.21. The van der Waals surface area contributed by atoms with E-state index < -0.39 is 15.7 Å². The van der Waals surface area contributed by atoms with Gasteiger partial charge in [-0.3, -0.25) is 14.7 Å². The summed E-state index contributed by atoms with van der Waals surface area (Å²) >= 11 is 0. The summed E-state index contributed by atoms with van der Waals surface area (Å²) in [7, 11) is -3.06. The van der Waals surface area contributed by atoms with Gasteiger partial charge in [0, 0.05) is 24.6 Å². The van der Waals surface area contributed by atoms with Gasteiger partial charge in [0.05, 0.1) is 29.0 Å². The zero-order chi connectivity index (χ0) is 19.4. The first-order valence-electron chi connectivity index (χ1n) is 8.41. The van der Waals surface area contributed by atoms with Gasteiger partial charge in [-0.25, -0.2) is 12.8 Å². The van der Waals surface area contributed by atoms with Crippen LogP contribution in [0.2, 0.25) is 0 Å². The summed E-state index contributed by atoms with van der Waals surface area (Å²) in [5.41, 5.74) is 1.34. The van der Waals surface area contributed by atoms with Crippen molar-refractivity contribution in [3.63, 3.8) is 0 Å². The molecule has 1 aromatic heterocycles. The van der Waals surface area contributed by atoms with Crippen LogP contribution in [0.4, 0.5) is 4.39 Å². The van der Waals surface area contributed by atoms with E-state index in [9.17, 15) is 22.4 Å². The smallest absolute Gasteiger partial charge is 0.255 e. The van der Waals surface area contributed by atoms with Gasteiger partial charge in [0.15, 0.2) is 9.84 Å². The summed E-state index contributed by atoms with van der Waals surface area (Å²) in [5.74, 6) is -1.07. The number of carbonyl (C=O) groups is 2. The Morgan fingerprint density at radius 2 is 2.00 bits per heavy atom. The SMILES string of the molecule is O=C(CCNC(=O)c1cn[nH]c1-c1ccc(F)cc1)N[C@@H]1CCS(=O)(=O)C1. The van der Waals surface area contributed by atoms with Gasteiger partial charge in [-0.1, -0.05) is 0 Å². The maximum Gasteiger partial charge on any atom is 0.255 e. The number of aromatic amines is 1. The second-order valence-electron chi connectivity index (χ2n) is 6.34. The van der Waals surface area contributed by atoms with E-state index in [-0.39, 0.29) is 47.8 Å². The highest BCUT2D eigenvalue weighted by Gasteiger charge is 2.28. The van der Waals surface area contributed by atoms with Gasteiger partial charge in [-0.2, -0.15) is 5.10 Å². The molecule has 1 fully saturated rings. The lowest BCUT2D eigenvalue weighted by Crippen LogP contribution is -2.37. The molecular weight excluding hydrogens is 375 g/mol. The lowest BCUT2D eigenvalue weighted by molar-refractivity contribution is -0.121. The first-order chi connectivity index (χ1) is 12.8. The molecule has 1 saturated heterocycles. The van der Waals surface area contributed by atoms with E-state index in [0.29, 0.717) is 17.7 Å². The fourth-order valence-corrected chi connectivity index (χ4v) is 4.56. The Hall–Kier alpha value is -2.75. The van der Waals surface area contributed by atoms with Crippen LogP contribution in [-0.4, -0.2) is 54.5 Å². The van der Waals surface area contributed by atoms with E-state index in [0.717, 1.165) is 0 Å². The molecule has 1 aromatic carbocycles. The molecule has 3 rings (SSSR count). The van der Waals surface area contributed by atoms with Gasteiger partial charge in [0.2, 0.25) is 5.91 Å². The molecule has 1 atom stereocenters. The summed E-state index contributed by atoms with van der Waals surface area (Å²) in [4.78, 5) is 24.2. The summed E-state index contributed by atoms with van der Waals surface area (Å²) in [5, 5.41) is 11.8. The van der Waals surface area contributed by atoms with Crippen LogP contribution in [0.5, 0.6) is 0 Å². The number of carbonyl (C=O) groups excluding carboxylic acids is 2. The standard InChI is InChI=1S/C17H19FN4O4S/c18-12-3-1-11(2-4-12)16-14(9-20-22-16)17(24)19-7-5-15(23)21-13-6-8-27(25,26)10-13/h1-4,9,13H,5-8,10H2,(H,19,24)(H,20,22)(H,21,23)/t13-/m1/s1. The number of nitrogens with one attached hydrogen (secondary N) is 3. The van der Waals surface area contributed by atoms with Crippen LogP contribution in [0.25, 0.3) is 11.3 Å². The van der Waals surface area contributed by atoms with Crippen LogP contribution in [-0.2, 0) is 14.6 Å². The van der Waals surface area contributed by atoms with Crippen molar-refractivity contribution >= 4 is 21.7 Å². The highest BCUT2D eigenvalue weighted by atomic mass is 32.2. The molecule has 2 aromatic rings. The normalized spacial score (nSPS) is 18.2. The van der Waals surface area contributed by atoms with Crippen LogP contribution >= 0.6 is 0 Å². The third kappa shape index (κ3) is 4.91. The number of amides is 2. The van der Waals surface area contributed by atoms with Crippen LogP contribution in [0.1, 0.15) is 23.2 Å². The molecule has 2 heterocycles. The molecule has 0 unspecified atom stereocenters. The van der Waals surface area contributed by atoms with Gasteiger partial charge in [0.1, 0.15) is 5.82 Å². The van der Waals surface area contributed by atoms with E-state index in [4.69, 9.17) is 0 Å². The topological polar surface area (TPSA) is 121 Å². The van der Waals surface area contributed by atoms with E-state index in [1.807, 2.05) is 0 Å². The molecule has 27 heavy (non-hydrogen) atoms. The Kier molecular flexibility index (Phi) is 5.54. The highest BCUT2D eigenvalue weighted by molar-refractivity contribution is 7.91. The van der Waals surface area contributed by atoms with Gasteiger partial charge >= 0.3 is 0 Å². The van der Waals surface area contributed by atoms with Crippen molar-refractivity contribution < 1.29 is 22.4 Å². The minimum Gasteiger partial charge on any atom is -0.352 e. The summed E-state index contributed by atoms with van der Waals surface area (Å²) < 4.78 is 35.8. The molecule has 144 valence electrons. The molecule has 0 aliphatic carbocycles. The second-order valence-corrected chi connectivity index (χ2v) is 8.57. The molecule has 2 amide bonds.